The first-order valence-electron chi connectivity index (χ1n) is 2.52. The van der Waals surface area contributed by atoms with Gasteiger partial charge in [0.2, 0.25) is 6.08 Å². The minimum atomic E-state index is -0.469. The standard InChI is InChI=1S/C6H3FN2O/c7-5-1-2-8-6(3-5)9-4-10/h1-3H. The molecule has 0 N–H and O–H groups in total. The first-order chi connectivity index (χ1) is 4.83. The van der Waals surface area contributed by atoms with Crippen molar-refractivity contribution in [3.63, 3.8) is 0 Å². The molecule has 10 heavy (non-hydrogen) atoms. The van der Waals surface area contributed by atoms with Crippen molar-refractivity contribution in [3.8, 4) is 0 Å². The lowest BCUT2D eigenvalue weighted by Gasteiger charge is -1.86. The van der Waals surface area contributed by atoms with Crippen LogP contribution in [0.5, 0.6) is 0 Å². The van der Waals surface area contributed by atoms with Crippen LogP contribution in [0, 0.1) is 5.82 Å². The van der Waals surface area contributed by atoms with Crippen LogP contribution in [0.4, 0.5) is 10.2 Å². The zero-order chi connectivity index (χ0) is 7.40. The van der Waals surface area contributed by atoms with Crippen molar-refractivity contribution in [3.05, 3.63) is 24.1 Å². The largest absolute Gasteiger partial charge is 0.242 e. The van der Waals surface area contributed by atoms with E-state index in [-0.39, 0.29) is 5.82 Å². The summed E-state index contributed by atoms with van der Waals surface area (Å²) in [5.74, 6) is -0.431. The molecule has 0 atom stereocenters. The van der Waals surface area contributed by atoms with Crippen molar-refractivity contribution >= 4 is 11.9 Å². The Morgan fingerprint density at radius 3 is 3.10 bits per heavy atom. The van der Waals surface area contributed by atoms with Crippen LogP contribution in [0.3, 0.4) is 0 Å². The maximum atomic E-state index is 12.3. The molecule has 0 aromatic carbocycles. The summed E-state index contributed by atoms with van der Waals surface area (Å²) in [7, 11) is 0. The summed E-state index contributed by atoms with van der Waals surface area (Å²) in [5.41, 5.74) is 0. The van der Waals surface area contributed by atoms with E-state index in [1.165, 1.54) is 18.3 Å². The lowest BCUT2D eigenvalue weighted by atomic mass is 10.4. The summed E-state index contributed by atoms with van der Waals surface area (Å²) in [5, 5.41) is 0. The second kappa shape index (κ2) is 2.85. The van der Waals surface area contributed by atoms with E-state index in [2.05, 4.69) is 9.98 Å². The first kappa shape index (κ1) is 6.58. The number of hydrogen-bond donors (Lipinski definition) is 0. The van der Waals surface area contributed by atoms with Crippen LogP contribution in [-0.4, -0.2) is 11.1 Å². The Hall–Kier alpha value is -1.54. The third kappa shape index (κ3) is 1.47. The molecule has 0 radical (unpaired) electrons. The van der Waals surface area contributed by atoms with Crippen LogP contribution in [0.2, 0.25) is 0 Å². The summed E-state index contributed by atoms with van der Waals surface area (Å²) >= 11 is 0. The summed E-state index contributed by atoms with van der Waals surface area (Å²) in [6.45, 7) is 0. The number of pyridine rings is 1. The normalized spacial score (nSPS) is 8.50. The molecule has 0 aliphatic carbocycles. The number of halogens is 1. The van der Waals surface area contributed by atoms with E-state index in [1.54, 1.807) is 0 Å². The molecule has 0 spiro atoms. The van der Waals surface area contributed by atoms with Gasteiger partial charge >= 0.3 is 0 Å². The van der Waals surface area contributed by atoms with Crippen molar-refractivity contribution in [1.29, 1.82) is 0 Å². The Bertz CT molecular complexity index is 281. The van der Waals surface area contributed by atoms with Crippen molar-refractivity contribution in [2.45, 2.75) is 0 Å². The molecule has 0 unspecified atom stereocenters. The fourth-order valence-corrected chi connectivity index (χ4v) is 0.501. The Balaban J connectivity index is 3.06. The van der Waals surface area contributed by atoms with Crippen LogP contribution >= 0.6 is 0 Å². The van der Waals surface area contributed by atoms with Crippen LogP contribution in [-0.2, 0) is 4.79 Å². The Morgan fingerprint density at radius 1 is 1.70 bits per heavy atom. The second-order valence-corrected chi connectivity index (χ2v) is 1.54. The van der Waals surface area contributed by atoms with Gasteiger partial charge in [0.15, 0.2) is 5.82 Å². The predicted octanol–water partition coefficient (Wildman–Crippen LogP) is 1.19. The third-order valence-corrected chi connectivity index (χ3v) is 0.868. The average Bonchev–Trinajstić information content (AvgIpc) is 1.88. The second-order valence-electron chi connectivity index (χ2n) is 1.54. The smallest absolute Gasteiger partial charge is 0.236 e. The Kier molecular flexibility index (Phi) is 1.87. The van der Waals surface area contributed by atoms with E-state index in [0.29, 0.717) is 0 Å². The topological polar surface area (TPSA) is 42.3 Å². The zero-order valence-corrected chi connectivity index (χ0v) is 4.91. The van der Waals surface area contributed by atoms with Gasteiger partial charge in [0.1, 0.15) is 5.82 Å². The number of isocyanates is 1. The molecule has 4 heteroatoms. The Labute approximate surface area is 56.2 Å². The molecule has 1 aromatic heterocycles. The lowest BCUT2D eigenvalue weighted by molar-refractivity contribution is 0.565. The number of aromatic nitrogens is 1. The van der Waals surface area contributed by atoms with Gasteiger partial charge in [-0.3, -0.25) is 0 Å². The summed E-state index contributed by atoms with van der Waals surface area (Å²) in [6, 6.07) is 2.22. The minimum Gasteiger partial charge on any atom is -0.236 e. The molecule has 1 rings (SSSR count). The Morgan fingerprint density at radius 2 is 2.50 bits per heavy atom. The van der Waals surface area contributed by atoms with Crippen molar-refractivity contribution in [2.24, 2.45) is 4.99 Å². The molecule has 0 saturated heterocycles. The molecule has 0 saturated carbocycles. The van der Waals surface area contributed by atoms with Crippen molar-refractivity contribution in [1.82, 2.24) is 4.98 Å². The van der Waals surface area contributed by atoms with Crippen LogP contribution in [0.25, 0.3) is 0 Å². The molecule has 0 aliphatic heterocycles. The van der Waals surface area contributed by atoms with E-state index >= 15 is 0 Å². The lowest BCUT2D eigenvalue weighted by Crippen LogP contribution is -1.75. The molecule has 0 bridgehead atoms. The zero-order valence-electron chi connectivity index (χ0n) is 4.91. The van der Waals surface area contributed by atoms with Gasteiger partial charge in [-0.15, -0.1) is 4.99 Å². The fraction of sp³-hybridized carbons (Fsp3) is 0. The van der Waals surface area contributed by atoms with E-state index in [4.69, 9.17) is 0 Å². The van der Waals surface area contributed by atoms with Gasteiger partial charge in [-0.1, -0.05) is 0 Å². The molecule has 0 fully saturated rings. The summed E-state index contributed by atoms with van der Waals surface area (Å²) in [6.07, 6.45) is 2.48. The number of hydrogen-bond acceptors (Lipinski definition) is 3. The van der Waals surface area contributed by atoms with Gasteiger partial charge in [0.25, 0.3) is 0 Å². The van der Waals surface area contributed by atoms with Crippen LogP contribution < -0.4 is 0 Å². The molecular formula is C6H3FN2O. The van der Waals surface area contributed by atoms with Gasteiger partial charge < -0.3 is 0 Å². The maximum absolute atomic E-state index is 12.3. The molecule has 3 nitrogen and oxygen atoms in total. The van der Waals surface area contributed by atoms with Gasteiger partial charge in [-0.05, 0) is 6.07 Å². The van der Waals surface area contributed by atoms with Crippen molar-refractivity contribution in [2.75, 3.05) is 0 Å². The SMILES string of the molecule is O=C=Nc1cc(F)ccn1. The highest BCUT2D eigenvalue weighted by Crippen LogP contribution is 2.06. The monoisotopic (exact) mass is 138 g/mol. The fourth-order valence-electron chi connectivity index (χ4n) is 0.501. The van der Waals surface area contributed by atoms with Crippen LogP contribution in [0.1, 0.15) is 0 Å². The minimum absolute atomic E-state index is 0.0370. The number of rotatable bonds is 1. The molecule has 0 amide bonds. The highest BCUT2D eigenvalue weighted by Gasteiger charge is 1.91. The molecule has 1 aromatic rings. The maximum Gasteiger partial charge on any atom is 0.242 e. The van der Waals surface area contributed by atoms with Gasteiger partial charge in [-0.25, -0.2) is 14.2 Å². The number of nitrogens with zero attached hydrogens (tertiary/aromatic N) is 2. The highest BCUT2D eigenvalue weighted by atomic mass is 19.1. The van der Waals surface area contributed by atoms with E-state index in [9.17, 15) is 9.18 Å². The molecule has 50 valence electrons. The third-order valence-electron chi connectivity index (χ3n) is 0.868. The summed E-state index contributed by atoms with van der Waals surface area (Å²) < 4.78 is 12.3. The molecule has 0 aliphatic rings. The van der Waals surface area contributed by atoms with E-state index < -0.39 is 5.82 Å². The predicted molar refractivity (Wildman–Crippen MR) is 32.0 cm³/mol. The van der Waals surface area contributed by atoms with Crippen LogP contribution in [0.15, 0.2) is 23.3 Å². The first-order valence-corrected chi connectivity index (χ1v) is 2.52. The van der Waals surface area contributed by atoms with Gasteiger partial charge in [0, 0.05) is 12.3 Å². The summed E-state index contributed by atoms with van der Waals surface area (Å²) in [4.78, 5) is 16.3. The average molecular weight is 138 g/mol. The molecular weight excluding hydrogens is 135 g/mol. The van der Waals surface area contributed by atoms with Gasteiger partial charge in [0.05, 0.1) is 0 Å². The van der Waals surface area contributed by atoms with E-state index in [1.807, 2.05) is 0 Å². The van der Waals surface area contributed by atoms with Crippen molar-refractivity contribution < 1.29 is 9.18 Å². The van der Waals surface area contributed by atoms with E-state index in [0.717, 1.165) is 6.07 Å². The van der Waals surface area contributed by atoms with Gasteiger partial charge in [-0.2, -0.15) is 0 Å². The highest BCUT2D eigenvalue weighted by molar-refractivity contribution is 5.43. The molecule has 1 heterocycles. The number of carbonyl (C=O) groups excluding carboxylic acids is 1. The quantitative estimate of drug-likeness (QED) is 0.432. The number of aliphatic imine (C=N–C) groups is 1.